The molecule has 0 bridgehead atoms. The summed E-state index contributed by atoms with van der Waals surface area (Å²) in [6, 6.07) is 10.9. The van der Waals surface area contributed by atoms with Gasteiger partial charge in [0.2, 0.25) is 0 Å². The number of benzene rings is 1. The van der Waals surface area contributed by atoms with Crippen LogP contribution in [0.25, 0.3) is 11.3 Å². The molecular weight excluding hydrogens is 228 g/mol. The minimum absolute atomic E-state index is 0.692. The standard InChI is InChI=1S/C14H18N2S/c1-2-3-11-4-6-12(7-5-11)14-10-13(8-9-15)17-16-14/h4-7,10H,2-3,8-9,15H2,1H3. The van der Waals surface area contributed by atoms with Gasteiger partial charge in [-0.2, -0.15) is 4.37 Å². The minimum atomic E-state index is 0.692. The highest BCUT2D eigenvalue weighted by Gasteiger charge is 2.04. The molecule has 0 saturated heterocycles. The van der Waals surface area contributed by atoms with E-state index in [4.69, 9.17) is 5.73 Å². The fraction of sp³-hybridized carbons (Fsp3) is 0.357. The highest BCUT2D eigenvalue weighted by molar-refractivity contribution is 7.06. The Hall–Kier alpha value is -1.19. The summed E-state index contributed by atoms with van der Waals surface area (Å²) in [5, 5.41) is 0. The van der Waals surface area contributed by atoms with E-state index < -0.39 is 0 Å². The maximum atomic E-state index is 5.54. The Morgan fingerprint density at radius 3 is 2.59 bits per heavy atom. The van der Waals surface area contributed by atoms with Gasteiger partial charge < -0.3 is 5.73 Å². The molecule has 2 N–H and O–H groups in total. The Balaban J connectivity index is 2.15. The monoisotopic (exact) mass is 246 g/mol. The van der Waals surface area contributed by atoms with Crippen LogP contribution >= 0.6 is 11.5 Å². The van der Waals surface area contributed by atoms with E-state index in [1.165, 1.54) is 22.4 Å². The predicted octanol–water partition coefficient (Wildman–Crippen LogP) is 3.26. The van der Waals surface area contributed by atoms with Crippen molar-refractivity contribution in [2.24, 2.45) is 5.73 Å². The summed E-state index contributed by atoms with van der Waals surface area (Å²) in [5.74, 6) is 0. The van der Waals surface area contributed by atoms with Crippen LogP contribution in [0.5, 0.6) is 0 Å². The van der Waals surface area contributed by atoms with Crippen LogP contribution in [0.1, 0.15) is 23.8 Å². The zero-order chi connectivity index (χ0) is 12.1. The molecule has 1 heterocycles. The summed E-state index contributed by atoms with van der Waals surface area (Å²) in [7, 11) is 0. The minimum Gasteiger partial charge on any atom is -0.330 e. The number of hydrogen-bond acceptors (Lipinski definition) is 3. The average molecular weight is 246 g/mol. The fourth-order valence-electron chi connectivity index (χ4n) is 1.84. The summed E-state index contributed by atoms with van der Waals surface area (Å²) in [4.78, 5) is 1.26. The van der Waals surface area contributed by atoms with Crippen LogP contribution in [-0.2, 0) is 12.8 Å². The van der Waals surface area contributed by atoms with Gasteiger partial charge in [-0.05, 0) is 42.5 Å². The molecule has 1 aromatic heterocycles. The van der Waals surface area contributed by atoms with Crippen molar-refractivity contribution in [3.63, 3.8) is 0 Å². The van der Waals surface area contributed by atoms with Gasteiger partial charge in [0.15, 0.2) is 0 Å². The van der Waals surface area contributed by atoms with Gasteiger partial charge in [0.25, 0.3) is 0 Å². The first-order valence-corrected chi connectivity index (χ1v) is 6.85. The topological polar surface area (TPSA) is 38.9 Å². The summed E-state index contributed by atoms with van der Waals surface area (Å²) in [5.41, 5.74) is 9.21. The van der Waals surface area contributed by atoms with Gasteiger partial charge in [-0.25, -0.2) is 0 Å². The van der Waals surface area contributed by atoms with Crippen LogP contribution in [0.3, 0.4) is 0 Å². The molecule has 0 atom stereocenters. The molecule has 17 heavy (non-hydrogen) atoms. The van der Waals surface area contributed by atoms with Crippen LogP contribution in [0.15, 0.2) is 30.3 Å². The third-order valence-corrected chi connectivity index (χ3v) is 3.58. The van der Waals surface area contributed by atoms with Crippen LogP contribution in [0.2, 0.25) is 0 Å². The first kappa shape index (κ1) is 12.3. The molecule has 0 fully saturated rings. The third-order valence-electron chi connectivity index (χ3n) is 2.74. The molecule has 0 amide bonds. The van der Waals surface area contributed by atoms with Crippen molar-refractivity contribution in [1.82, 2.24) is 4.37 Å². The molecule has 0 aliphatic carbocycles. The number of nitrogens with two attached hydrogens (primary N) is 1. The van der Waals surface area contributed by atoms with Crippen LogP contribution in [-0.4, -0.2) is 10.9 Å². The molecule has 2 aromatic rings. The van der Waals surface area contributed by atoms with Crippen molar-refractivity contribution in [3.8, 4) is 11.3 Å². The molecule has 0 spiro atoms. The molecule has 0 saturated carbocycles. The second-order valence-corrected chi connectivity index (χ2v) is 5.05. The molecule has 2 rings (SSSR count). The smallest absolute Gasteiger partial charge is 0.0843 e. The summed E-state index contributed by atoms with van der Waals surface area (Å²) in [6.45, 7) is 2.89. The number of rotatable bonds is 5. The van der Waals surface area contributed by atoms with E-state index in [0.717, 1.165) is 18.5 Å². The lowest BCUT2D eigenvalue weighted by Crippen LogP contribution is -2.00. The fourth-order valence-corrected chi connectivity index (χ4v) is 2.59. The number of aryl methyl sites for hydroxylation is 1. The van der Waals surface area contributed by atoms with E-state index in [-0.39, 0.29) is 0 Å². The van der Waals surface area contributed by atoms with Gasteiger partial charge in [-0.1, -0.05) is 37.6 Å². The van der Waals surface area contributed by atoms with Gasteiger partial charge in [0.05, 0.1) is 5.69 Å². The van der Waals surface area contributed by atoms with Gasteiger partial charge >= 0.3 is 0 Å². The maximum absolute atomic E-state index is 5.54. The second-order valence-electron chi connectivity index (χ2n) is 4.16. The largest absolute Gasteiger partial charge is 0.330 e. The molecule has 0 unspecified atom stereocenters. The summed E-state index contributed by atoms with van der Waals surface area (Å²) >= 11 is 1.55. The number of nitrogens with zero attached hydrogens (tertiary/aromatic N) is 1. The third kappa shape index (κ3) is 3.14. The van der Waals surface area contributed by atoms with Gasteiger partial charge in [0, 0.05) is 10.4 Å². The molecule has 90 valence electrons. The van der Waals surface area contributed by atoms with Gasteiger partial charge in [0.1, 0.15) is 0 Å². The van der Waals surface area contributed by atoms with E-state index in [0.29, 0.717) is 6.54 Å². The number of aromatic nitrogens is 1. The molecule has 0 aliphatic heterocycles. The highest BCUT2D eigenvalue weighted by Crippen LogP contribution is 2.22. The molecular formula is C14H18N2S. The van der Waals surface area contributed by atoms with E-state index in [1.807, 2.05) is 0 Å². The Labute approximate surface area is 107 Å². The van der Waals surface area contributed by atoms with Crippen molar-refractivity contribution < 1.29 is 0 Å². The lowest BCUT2D eigenvalue weighted by molar-refractivity contribution is 0.922. The number of hydrogen-bond donors (Lipinski definition) is 1. The highest BCUT2D eigenvalue weighted by atomic mass is 32.1. The summed E-state index contributed by atoms with van der Waals surface area (Å²) < 4.78 is 4.47. The lowest BCUT2D eigenvalue weighted by atomic mass is 10.1. The molecule has 0 radical (unpaired) electrons. The maximum Gasteiger partial charge on any atom is 0.0843 e. The van der Waals surface area contributed by atoms with Crippen LogP contribution < -0.4 is 5.73 Å². The Morgan fingerprint density at radius 2 is 1.94 bits per heavy atom. The molecule has 0 aliphatic rings. The van der Waals surface area contributed by atoms with Crippen molar-refractivity contribution in [2.45, 2.75) is 26.2 Å². The molecule has 2 nitrogen and oxygen atoms in total. The molecule has 1 aromatic carbocycles. The van der Waals surface area contributed by atoms with Gasteiger partial charge in [-0.15, -0.1) is 0 Å². The van der Waals surface area contributed by atoms with Crippen LogP contribution in [0.4, 0.5) is 0 Å². The van der Waals surface area contributed by atoms with Gasteiger partial charge in [-0.3, -0.25) is 0 Å². The van der Waals surface area contributed by atoms with E-state index >= 15 is 0 Å². The SMILES string of the molecule is CCCc1ccc(-c2cc(CCN)sn2)cc1. The Bertz CT molecular complexity index is 459. The van der Waals surface area contributed by atoms with Crippen molar-refractivity contribution in [3.05, 3.63) is 40.8 Å². The first-order chi connectivity index (χ1) is 8.33. The van der Waals surface area contributed by atoms with E-state index in [9.17, 15) is 0 Å². The summed E-state index contributed by atoms with van der Waals surface area (Å²) in [6.07, 6.45) is 3.26. The van der Waals surface area contributed by atoms with Crippen molar-refractivity contribution in [2.75, 3.05) is 6.54 Å². The Kier molecular flexibility index (Phi) is 4.29. The first-order valence-electron chi connectivity index (χ1n) is 6.08. The zero-order valence-electron chi connectivity index (χ0n) is 10.1. The normalized spacial score (nSPS) is 10.7. The zero-order valence-corrected chi connectivity index (χ0v) is 11.0. The van der Waals surface area contributed by atoms with E-state index in [1.54, 1.807) is 11.5 Å². The predicted molar refractivity (Wildman–Crippen MR) is 74.3 cm³/mol. The Morgan fingerprint density at radius 1 is 1.18 bits per heavy atom. The van der Waals surface area contributed by atoms with Crippen molar-refractivity contribution >= 4 is 11.5 Å². The van der Waals surface area contributed by atoms with E-state index in [2.05, 4.69) is 41.6 Å². The average Bonchev–Trinajstić information content (AvgIpc) is 2.80. The second kappa shape index (κ2) is 5.94. The quantitative estimate of drug-likeness (QED) is 0.879. The lowest BCUT2D eigenvalue weighted by Gasteiger charge is -2.00. The molecule has 3 heteroatoms. The van der Waals surface area contributed by atoms with Crippen molar-refractivity contribution in [1.29, 1.82) is 0 Å². The van der Waals surface area contributed by atoms with Crippen LogP contribution in [0, 0.1) is 0 Å².